The predicted molar refractivity (Wildman–Crippen MR) is 261 cm³/mol. The molecule has 4 aromatic rings. The second-order valence-electron chi connectivity index (χ2n) is 22.5. The van der Waals surface area contributed by atoms with E-state index in [-0.39, 0.29) is 28.9 Å². The van der Waals surface area contributed by atoms with Crippen molar-refractivity contribution in [2.75, 3.05) is 0 Å². The maximum atomic E-state index is 8.92. The van der Waals surface area contributed by atoms with Gasteiger partial charge in [0.15, 0.2) is 0 Å². The maximum absolute atomic E-state index is 8.92. The standard InChI is InChI=1S/2C26H33.C2H7Si.2ClH.Zr/c2*1-9-18-12-19-11-10-17(2)24(23(19)13-18)20-14-21(25(3,4)5)16-22(15-20)26(6,7)8;1-3-2;;;/h2*10-16H,9H2,1-8H3;3H,1-2H3;2*1H;/q;;;;;+2/p-2. The number of rotatable bonds is 7. The quantitative estimate of drug-likeness (QED) is 0.162. The van der Waals surface area contributed by atoms with E-state index >= 15 is 0 Å². The van der Waals surface area contributed by atoms with Gasteiger partial charge in [-0.3, -0.25) is 0 Å². The Morgan fingerprint density at radius 2 is 0.793 bits per heavy atom. The SMILES string of the molecule is CCC1=Cc2c(ccc(C)c2-c2cc(C(C)(C)C)cc(C(C)(C)C)c2)[CH]1[Zr]([Cl])([Cl])([CH]1C(CC)=Cc2c1ccc(C)c2-c1cc(C(C)(C)C)cc(C(C)(C)C)c1)[SiH](C)C. The van der Waals surface area contributed by atoms with Crippen LogP contribution in [0.25, 0.3) is 34.4 Å². The zero-order valence-corrected chi connectivity index (χ0v) is 44.5. The van der Waals surface area contributed by atoms with Crippen LogP contribution in [-0.4, -0.2) is 5.92 Å². The second-order valence-corrected chi connectivity index (χ2v) is 65.0. The molecular formula is C54H73Cl2SiZr. The molecular weight excluding hydrogens is 839 g/mol. The van der Waals surface area contributed by atoms with Gasteiger partial charge in [-0.15, -0.1) is 0 Å². The van der Waals surface area contributed by atoms with Gasteiger partial charge < -0.3 is 0 Å². The summed E-state index contributed by atoms with van der Waals surface area (Å²) < 4.78 is 0.132. The number of hydrogen-bond acceptors (Lipinski definition) is 0. The van der Waals surface area contributed by atoms with Crippen molar-refractivity contribution >= 4 is 35.1 Å². The second kappa shape index (κ2) is 15.1. The van der Waals surface area contributed by atoms with Crippen molar-refractivity contribution < 1.29 is 15.6 Å². The average Bonchev–Trinajstić information content (AvgIpc) is 3.69. The van der Waals surface area contributed by atoms with E-state index in [1.54, 1.807) is 0 Å². The van der Waals surface area contributed by atoms with Crippen LogP contribution < -0.4 is 0 Å². The van der Waals surface area contributed by atoms with Crippen molar-refractivity contribution in [2.24, 2.45) is 0 Å². The summed E-state index contributed by atoms with van der Waals surface area (Å²) >= 11 is -4.98. The fourth-order valence-corrected chi connectivity index (χ4v) is 41.8. The molecule has 0 N–H and O–H groups in total. The third-order valence-electron chi connectivity index (χ3n) is 13.9. The first-order chi connectivity index (χ1) is 26.5. The summed E-state index contributed by atoms with van der Waals surface area (Å²) in [5.74, 6) is -1.71. The molecule has 0 fully saturated rings. The van der Waals surface area contributed by atoms with Crippen molar-refractivity contribution in [1.82, 2.24) is 0 Å². The fraction of sp³-hybridized carbons (Fsp3) is 0.481. The van der Waals surface area contributed by atoms with Crippen LogP contribution in [0.4, 0.5) is 0 Å². The van der Waals surface area contributed by atoms with Gasteiger partial charge in [0, 0.05) is 0 Å². The van der Waals surface area contributed by atoms with Gasteiger partial charge in [-0.1, -0.05) is 0 Å². The molecule has 0 spiro atoms. The zero-order valence-electron chi connectivity index (χ0n) is 39.3. The van der Waals surface area contributed by atoms with E-state index in [0.29, 0.717) is 0 Å². The molecule has 311 valence electrons. The van der Waals surface area contributed by atoms with Gasteiger partial charge in [0.2, 0.25) is 0 Å². The first kappa shape index (κ1) is 45.6. The van der Waals surface area contributed by atoms with Gasteiger partial charge in [-0.25, -0.2) is 0 Å². The van der Waals surface area contributed by atoms with E-state index in [4.69, 9.17) is 17.0 Å². The third-order valence-corrected chi connectivity index (χ3v) is 65.8. The van der Waals surface area contributed by atoms with Crippen molar-refractivity contribution in [3.63, 3.8) is 0 Å². The molecule has 2 unspecified atom stereocenters. The van der Waals surface area contributed by atoms with E-state index in [9.17, 15) is 0 Å². The van der Waals surface area contributed by atoms with Gasteiger partial charge in [0.25, 0.3) is 0 Å². The number of allylic oxidation sites excluding steroid dienone is 2. The van der Waals surface area contributed by atoms with Gasteiger partial charge in [0.05, 0.1) is 0 Å². The summed E-state index contributed by atoms with van der Waals surface area (Å²) in [7, 11) is 17.8. The number of aryl methyl sites for hydroxylation is 2. The van der Waals surface area contributed by atoms with E-state index in [1.165, 1.54) is 89.0 Å². The number of hydrogen-bond donors (Lipinski definition) is 0. The van der Waals surface area contributed by atoms with E-state index < -0.39 is 21.5 Å². The topological polar surface area (TPSA) is 0 Å². The Bertz CT molecular complexity index is 2120. The molecule has 4 heteroatoms. The van der Waals surface area contributed by atoms with Crippen molar-refractivity contribution in [2.45, 2.75) is 166 Å². The first-order valence-electron chi connectivity index (χ1n) is 22.1. The molecule has 58 heavy (non-hydrogen) atoms. The minimum absolute atomic E-state index is 0.0261. The Kier molecular flexibility index (Phi) is 11.9. The predicted octanol–water partition coefficient (Wildman–Crippen LogP) is 17.2. The van der Waals surface area contributed by atoms with Gasteiger partial charge in [-0.2, -0.15) is 0 Å². The molecule has 4 aromatic carbocycles. The molecule has 2 aliphatic rings. The van der Waals surface area contributed by atoms with E-state index in [0.717, 1.165) is 12.8 Å². The third kappa shape index (κ3) is 7.75. The molecule has 0 amide bonds. The normalized spacial score (nSPS) is 18.2. The van der Waals surface area contributed by atoms with E-state index in [1.807, 2.05) is 0 Å². The fourth-order valence-electron chi connectivity index (χ4n) is 10.0. The minimum atomic E-state index is -4.98. The summed E-state index contributed by atoms with van der Waals surface area (Å²) in [6.07, 6.45) is 6.96. The zero-order chi connectivity index (χ0) is 43.3. The van der Waals surface area contributed by atoms with Crippen LogP contribution in [0.5, 0.6) is 0 Å². The summed E-state index contributed by atoms with van der Waals surface area (Å²) in [5.41, 5.74) is 21.9. The molecule has 2 atom stereocenters. The average molecular weight is 912 g/mol. The Hall–Kier alpha value is -1.96. The molecule has 0 aliphatic heterocycles. The molecule has 0 heterocycles. The monoisotopic (exact) mass is 909 g/mol. The first-order valence-corrected chi connectivity index (χ1v) is 38.4. The van der Waals surface area contributed by atoms with Crippen LogP contribution in [0.2, 0.25) is 13.1 Å². The molecule has 0 saturated carbocycles. The number of benzene rings is 4. The van der Waals surface area contributed by atoms with Crippen molar-refractivity contribution in [1.29, 1.82) is 0 Å². The van der Waals surface area contributed by atoms with E-state index in [2.05, 4.69) is 197 Å². The van der Waals surface area contributed by atoms with Gasteiger partial charge >= 0.3 is 366 Å². The Labute approximate surface area is 363 Å². The molecule has 0 nitrogen and oxygen atoms in total. The summed E-state index contributed by atoms with van der Waals surface area (Å²) in [4.78, 5) is 0. The molecule has 0 bridgehead atoms. The van der Waals surface area contributed by atoms with Crippen LogP contribution in [0.1, 0.15) is 173 Å². The summed E-state index contributed by atoms with van der Waals surface area (Å²) in [5, 5.41) is 0. The Balaban J connectivity index is 1.63. The summed E-state index contributed by atoms with van der Waals surface area (Å²) in [6.45, 7) is 42.2. The van der Waals surface area contributed by atoms with Gasteiger partial charge in [0.1, 0.15) is 0 Å². The van der Waals surface area contributed by atoms with Crippen molar-refractivity contribution in [3.05, 3.63) is 127 Å². The summed E-state index contributed by atoms with van der Waals surface area (Å²) in [6, 6.07) is 24.3. The Morgan fingerprint density at radius 1 is 0.500 bits per heavy atom. The van der Waals surface area contributed by atoms with Crippen LogP contribution in [0, 0.1) is 13.8 Å². The number of fused-ring (bicyclic) bond motifs is 2. The molecule has 0 radical (unpaired) electrons. The molecule has 2 aliphatic carbocycles. The van der Waals surface area contributed by atoms with Crippen LogP contribution in [0.3, 0.4) is 0 Å². The molecule has 0 saturated heterocycles. The molecule has 0 aromatic heterocycles. The van der Waals surface area contributed by atoms with Crippen LogP contribution in [-0.2, 0) is 37.2 Å². The van der Waals surface area contributed by atoms with Crippen LogP contribution in [0.15, 0.2) is 71.8 Å². The van der Waals surface area contributed by atoms with Crippen LogP contribution >= 0.6 is 17.0 Å². The Morgan fingerprint density at radius 3 is 1.03 bits per heavy atom. The number of halogens is 2. The van der Waals surface area contributed by atoms with Gasteiger partial charge in [-0.05, 0) is 0 Å². The van der Waals surface area contributed by atoms with Crippen molar-refractivity contribution in [3.8, 4) is 22.3 Å². The molecule has 6 rings (SSSR count).